The summed E-state index contributed by atoms with van der Waals surface area (Å²) in [6, 6.07) is 0. The molecular weight excluding hydrogens is 168 g/mol. The van der Waals surface area contributed by atoms with E-state index in [0.29, 0.717) is 5.92 Å². The molecule has 0 spiro atoms. The summed E-state index contributed by atoms with van der Waals surface area (Å²) < 4.78 is 10.4. The lowest BCUT2D eigenvalue weighted by atomic mass is 9.84. The van der Waals surface area contributed by atoms with Crippen LogP contribution in [0, 0.1) is 5.92 Å². The van der Waals surface area contributed by atoms with Gasteiger partial charge in [-0.3, -0.25) is 0 Å². The quantitative estimate of drug-likeness (QED) is 0.578. The Labute approximate surface area is 77.7 Å². The summed E-state index contributed by atoms with van der Waals surface area (Å²) in [4.78, 5) is 11.1. The second-order valence-corrected chi connectivity index (χ2v) is 3.62. The maximum Gasteiger partial charge on any atom is 0.334 e. The molecule has 2 aliphatic rings. The number of esters is 1. The van der Waals surface area contributed by atoms with E-state index in [4.69, 9.17) is 9.47 Å². The fraction of sp³-hybridized carbons (Fsp3) is 0.700. The molecule has 1 aliphatic heterocycles. The van der Waals surface area contributed by atoms with Crippen LogP contribution in [0.25, 0.3) is 0 Å². The molecule has 0 aromatic rings. The van der Waals surface area contributed by atoms with Crippen molar-refractivity contribution in [3.63, 3.8) is 0 Å². The van der Waals surface area contributed by atoms with Gasteiger partial charge in [0.2, 0.25) is 0 Å². The molecule has 1 aliphatic carbocycles. The normalized spacial score (nSPS) is 33.0. The highest BCUT2D eigenvalue weighted by molar-refractivity contribution is 5.83. The molecule has 72 valence electrons. The van der Waals surface area contributed by atoms with E-state index in [1.54, 1.807) is 7.11 Å². The third-order valence-corrected chi connectivity index (χ3v) is 2.83. The lowest BCUT2D eigenvalue weighted by molar-refractivity contribution is -0.150. The van der Waals surface area contributed by atoms with Gasteiger partial charge in [-0.1, -0.05) is 6.42 Å². The van der Waals surface area contributed by atoms with Crippen LogP contribution < -0.4 is 0 Å². The number of hydrogen-bond donors (Lipinski definition) is 0. The first-order valence-electron chi connectivity index (χ1n) is 4.77. The van der Waals surface area contributed by atoms with E-state index >= 15 is 0 Å². The summed E-state index contributed by atoms with van der Waals surface area (Å²) in [7, 11) is 1.62. The van der Waals surface area contributed by atoms with E-state index in [2.05, 4.69) is 0 Å². The predicted octanol–water partition coefficient (Wildman–Crippen LogP) is 1.63. The van der Waals surface area contributed by atoms with Crippen LogP contribution in [0.15, 0.2) is 11.8 Å². The van der Waals surface area contributed by atoms with E-state index in [0.717, 1.165) is 25.0 Å². The molecule has 3 heteroatoms. The van der Waals surface area contributed by atoms with Crippen molar-refractivity contribution in [3.05, 3.63) is 11.8 Å². The average molecular weight is 182 g/mol. The van der Waals surface area contributed by atoms with E-state index in [1.807, 2.05) is 0 Å². The standard InChI is InChI=1S/C10H14O3/c1-12-9-6-10(11)13-8-5-3-2-4-7(8)9/h6-8H,2-5H2,1H3. The zero-order chi connectivity index (χ0) is 9.26. The number of ether oxygens (including phenoxy) is 2. The van der Waals surface area contributed by atoms with Crippen molar-refractivity contribution in [1.29, 1.82) is 0 Å². The number of carbonyl (C=O) groups excluding carboxylic acids is 1. The van der Waals surface area contributed by atoms with Gasteiger partial charge in [-0.25, -0.2) is 4.79 Å². The highest BCUT2D eigenvalue weighted by Crippen LogP contribution is 2.35. The molecule has 0 N–H and O–H groups in total. The summed E-state index contributed by atoms with van der Waals surface area (Å²) >= 11 is 0. The Kier molecular flexibility index (Phi) is 2.25. The predicted molar refractivity (Wildman–Crippen MR) is 46.9 cm³/mol. The first-order chi connectivity index (χ1) is 6.31. The van der Waals surface area contributed by atoms with Gasteiger partial charge >= 0.3 is 5.97 Å². The third-order valence-electron chi connectivity index (χ3n) is 2.83. The number of hydrogen-bond acceptors (Lipinski definition) is 3. The van der Waals surface area contributed by atoms with Gasteiger partial charge in [0, 0.05) is 0 Å². The number of rotatable bonds is 1. The molecule has 1 saturated carbocycles. The molecule has 2 atom stereocenters. The van der Waals surface area contributed by atoms with E-state index < -0.39 is 0 Å². The van der Waals surface area contributed by atoms with Crippen molar-refractivity contribution in [1.82, 2.24) is 0 Å². The molecule has 0 aromatic carbocycles. The molecule has 0 aromatic heterocycles. The molecule has 1 heterocycles. The number of methoxy groups -OCH3 is 1. The maximum absolute atomic E-state index is 11.1. The Morgan fingerprint density at radius 3 is 3.00 bits per heavy atom. The zero-order valence-electron chi connectivity index (χ0n) is 7.79. The minimum Gasteiger partial charge on any atom is -0.500 e. The summed E-state index contributed by atoms with van der Waals surface area (Å²) in [6.07, 6.45) is 5.98. The maximum atomic E-state index is 11.1. The lowest BCUT2D eigenvalue weighted by Gasteiger charge is -2.34. The van der Waals surface area contributed by atoms with Gasteiger partial charge in [0.25, 0.3) is 0 Å². The highest BCUT2D eigenvalue weighted by atomic mass is 16.6. The zero-order valence-corrected chi connectivity index (χ0v) is 7.79. The van der Waals surface area contributed by atoms with Crippen LogP contribution in [0.2, 0.25) is 0 Å². The van der Waals surface area contributed by atoms with Gasteiger partial charge in [-0.15, -0.1) is 0 Å². The second kappa shape index (κ2) is 3.40. The van der Waals surface area contributed by atoms with E-state index in [1.165, 1.54) is 12.5 Å². The second-order valence-electron chi connectivity index (χ2n) is 3.62. The Bertz CT molecular complexity index is 245. The Morgan fingerprint density at radius 1 is 1.46 bits per heavy atom. The fourth-order valence-corrected chi connectivity index (χ4v) is 2.18. The van der Waals surface area contributed by atoms with Crippen LogP contribution in [-0.4, -0.2) is 19.2 Å². The molecule has 0 radical (unpaired) electrons. The van der Waals surface area contributed by atoms with Crippen LogP contribution in [0.5, 0.6) is 0 Å². The van der Waals surface area contributed by atoms with E-state index in [9.17, 15) is 4.79 Å². The third kappa shape index (κ3) is 1.55. The Balaban J connectivity index is 2.19. The summed E-state index contributed by atoms with van der Waals surface area (Å²) in [5.74, 6) is 0.873. The molecule has 3 nitrogen and oxygen atoms in total. The summed E-state index contributed by atoms with van der Waals surface area (Å²) in [5, 5.41) is 0. The Hall–Kier alpha value is -0.990. The summed E-state index contributed by atoms with van der Waals surface area (Å²) in [5.41, 5.74) is 0. The highest BCUT2D eigenvalue weighted by Gasteiger charge is 2.35. The molecule has 13 heavy (non-hydrogen) atoms. The Morgan fingerprint density at radius 2 is 2.23 bits per heavy atom. The van der Waals surface area contributed by atoms with E-state index in [-0.39, 0.29) is 12.1 Å². The van der Waals surface area contributed by atoms with Gasteiger partial charge in [-0.2, -0.15) is 0 Å². The van der Waals surface area contributed by atoms with Crippen LogP contribution in [-0.2, 0) is 14.3 Å². The van der Waals surface area contributed by atoms with Crippen molar-refractivity contribution in [2.45, 2.75) is 31.8 Å². The topological polar surface area (TPSA) is 35.5 Å². The smallest absolute Gasteiger partial charge is 0.334 e. The summed E-state index contributed by atoms with van der Waals surface area (Å²) in [6.45, 7) is 0. The molecule has 0 saturated heterocycles. The monoisotopic (exact) mass is 182 g/mol. The first kappa shape index (κ1) is 8.60. The molecule has 0 bridgehead atoms. The van der Waals surface area contributed by atoms with Crippen LogP contribution in [0.4, 0.5) is 0 Å². The first-order valence-corrected chi connectivity index (χ1v) is 4.77. The van der Waals surface area contributed by atoms with Gasteiger partial charge in [0.1, 0.15) is 11.9 Å². The largest absolute Gasteiger partial charge is 0.500 e. The fourth-order valence-electron chi connectivity index (χ4n) is 2.18. The molecule has 1 fully saturated rings. The average Bonchev–Trinajstić information content (AvgIpc) is 2.16. The van der Waals surface area contributed by atoms with Crippen molar-refractivity contribution >= 4 is 5.97 Å². The van der Waals surface area contributed by atoms with Gasteiger partial charge in [0.05, 0.1) is 19.1 Å². The van der Waals surface area contributed by atoms with Crippen LogP contribution in [0.1, 0.15) is 25.7 Å². The van der Waals surface area contributed by atoms with Crippen molar-refractivity contribution in [2.24, 2.45) is 5.92 Å². The van der Waals surface area contributed by atoms with Crippen molar-refractivity contribution in [3.8, 4) is 0 Å². The minimum absolute atomic E-state index is 0.0706. The molecular formula is C10H14O3. The lowest BCUT2D eigenvalue weighted by Crippen LogP contribution is -2.35. The van der Waals surface area contributed by atoms with Crippen molar-refractivity contribution < 1.29 is 14.3 Å². The minimum atomic E-state index is -0.250. The van der Waals surface area contributed by atoms with Crippen molar-refractivity contribution in [2.75, 3.05) is 7.11 Å². The van der Waals surface area contributed by atoms with Crippen LogP contribution >= 0.6 is 0 Å². The molecule has 2 unspecified atom stereocenters. The van der Waals surface area contributed by atoms with Gasteiger partial charge in [-0.05, 0) is 19.3 Å². The molecule has 0 amide bonds. The number of carbonyl (C=O) groups is 1. The SMILES string of the molecule is COC1=CC(=O)OC2CCCCC12. The van der Waals surface area contributed by atoms with Gasteiger partial charge < -0.3 is 9.47 Å². The molecule has 2 rings (SSSR count). The van der Waals surface area contributed by atoms with Gasteiger partial charge in [0.15, 0.2) is 0 Å². The van der Waals surface area contributed by atoms with Crippen LogP contribution in [0.3, 0.4) is 0 Å². The number of fused-ring (bicyclic) bond motifs is 1.